The van der Waals surface area contributed by atoms with E-state index in [2.05, 4.69) is 10.3 Å². The number of hydrogen-bond donors (Lipinski definition) is 1. The first-order valence-electron chi connectivity index (χ1n) is 6.61. The summed E-state index contributed by atoms with van der Waals surface area (Å²) in [6.45, 7) is 2.19. The molecule has 3 rings (SSSR count). The van der Waals surface area contributed by atoms with Crippen LogP contribution in [0.4, 0.5) is 0 Å². The largest absolute Gasteiger partial charge is 0.316 e. The molecule has 0 aromatic carbocycles. The Bertz CT molecular complexity index is 647. The molecule has 1 N–H and O–H groups in total. The lowest BCUT2D eigenvalue weighted by Crippen LogP contribution is -2.16. The average Bonchev–Trinajstić information content (AvgIpc) is 2.89. The van der Waals surface area contributed by atoms with Gasteiger partial charge in [0.25, 0.3) is 5.56 Å². The van der Waals surface area contributed by atoms with Crippen molar-refractivity contribution in [2.75, 3.05) is 13.1 Å². The van der Waals surface area contributed by atoms with Gasteiger partial charge >= 0.3 is 0 Å². The topological polar surface area (TPSA) is 46.4 Å². The molecule has 0 amide bonds. The molecule has 2 aromatic heterocycles. The van der Waals surface area contributed by atoms with Crippen molar-refractivity contribution in [3.05, 3.63) is 45.5 Å². The van der Waals surface area contributed by atoms with Gasteiger partial charge in [-0.15, -0.1) is 0 Å². The first-order chi connectivity index (χ1) is 9.22. The molecule has 3 heterocycles. The number of nitrogens with one attached hydrogen (secondary N) is 1. The average molecular weight is 278 g/mol. The summed E-state index contributed by atoms with van der Waals surface area (Å²) in [5.41, 5.74) is 1.44. The first-order valence-corrected chi connectivity index (χ1v) is 6.99. The maximum absolute atomic E-state index is 12.0. The van der Waals surface area contributed by atoms with E-state index in [1.807, 2.05) is 0 Å². The molecule has 4 nitrogen and oxygen atoms in total. The summed E-state index contributed by atoms with van der Waals surface area (Å²) in [5, 5.41) is 3.95. The number of hydrogen-bond acceptors (Lipinski definition) is 3. The first kappa shape index (κ1) is 12.6. The zero-order chi connectivity index (χ0) is 13.2. The lowest BCUT2D eigenvalue weighted by Gasteiger charge is -2.08. The minimum Gasteiger partial charge on any atom is -0.316 e. The highest BCUT2D eigenvalue weighted by Gasteiger charge is 2.14. The second-order valence-corrected chi connectivity index (χ2v) is 5.49. The summed E-state index contributed by atoms with van der Waals surface area (Å²) in [6.07, 6.45) is 4.82. The zero-order valence-corrected chi connectivity index (χ0v) is 11.4. The predicted octanol–water partition coefficient (Wildman–Crippen LogP) is 1.89. The van der Waals surface area contributed by atoms with Crippen molar-refractivity contribution in [3.8, 4) is 0 Å². The molecular weight excluding hydrogens is 262 g/mol. The fourth-order valence-corrected chi connectivity index (χ4v) is 2.72. The Labute approximate surface area is 116 Å². The van der Waals surface area contributed by atoms with E-state index in [0.29, 0.717) is 16.6 Å². The van der Waals surface area contributed by atoms with Crippen molar-refractivity contribution in [1.29, 1.82) is 0 Å². The third-order valence-electron chi connectivity index (χ3n) is 3.65. The van der Waals surface area contributed by atoms with Crippen molar-refractivity contribution in [1.82, 2.24) is 14.7 Å². The Balaban J connectivity index is 1.85. The molecule has 0 spiro atoms. The Morgan fingerprint density at radius 3 is 3.16 bits per heavy atom. The minimum absolute atomic E-state index is 0.0405. The van der Waals surface area contributed by atoms with E-state index in [1.165, 1.54) is 10.8 Å². The highest BCUT2D eigenvalue weighted by atomic mass is 35.5. The van der Waals surface area contributed by atoms with Crippen molar-refractivity contribution in [2.45, 2.75) is 19.3 Å². The van der Waals surface area contributed by atoms with Crippen LogP contribution in [-0.4, -0.2) is 22.5 Å². The smallest absolute Gasteiger partial charge is 0.258 e. The van der Waals surface area contributed by atoms with Gasteiger partial charge in [0.15, 0.2) is 0 Å². The summed E-state index contributed by atoms with van der Waals surface area (Å²) in [7, 11) is 0. The van der Waals surface area contributed by atoms with Gasteiger partial charge in [0.05, 0.1) is 0 Å². The number of pyridine rings is 1. The van der Waals surface area contributed by atoms with Crippen LogP contribution in [0, 0.1) is 5.92 Å². The zero-order valence-electron chi connectivity index (χ0n) is 10.6. The standard InChI is InChI=1S/C14H16ClN3O/c15-11-4-6-18-13(7-11)17-12(8-14(18)19)2-1-10-3-5-16-9-10/h4,6-8,10,16H,1-3,5,9H2. The van der Waals surface area contributed by atoms with Crippen LogP contribution >= 0.6 is 11.6 Å². The summed E-state index contributed by atoms with van der Waals surface area (Å²) in [6, 6.07) is 5.05. The maximum Gasteiger partial charge on any atom is 0.258 e. The molecule has 0 radical (unpaired) electrons. The molecule has 1 atom stereocenters. The van der Waals surface area contributed by atoms with Gasteiger partial charge in [-0.25, -0.2) is 4.98 Å². The van der Waals surface area contributed by atoms with Crippen LogP contribution in [0.2, 0.25) is 5.02 Å². The van der Waals surface area contributed by atoms with Gasteiger partial charge in [-0.2, -0.15) is 0 Å². The molecule has 5 heteroatoms. The van der Waals surface area contributed by atoms with Crippen LogP contribution < -0.4 is 10.9 Å². The molecule has 1 saturated heterocycles. The number of halogens is 1. The lowest BCUT2D eigenvalue weighted by molar-refractivity contribution is 0.529. The number of aryl methyl sites for hydroxylation is 1. The van der Waals surface area contributed by atoms with E-state index in [4.69, 9.17) is 11.6 Å². The Morgan fingerprint density at radius 2 is 2.37 bits per heavy atom. The van der Waals surface area contributed by atoms with Gasteiger partial charge in [-0.3, -0.25) is 9.20 Å². The van der Waals surface area contributed by atoms with Crippen LogP contribution in [0.15, 0.2) is 29.2 Å². The fourth-order valence-electron chi connectivity index (χ4n) is 2.57. The second-order valence-electron chi connectivity index (χ2n) is 5.06. The third-order valence-corrected chi connectivity index (χ3v) is 3.89. The third kappa shape index (κ3) is 2.80. The fraction of sp³-hybridized carbons (Fsp3) is 0.429. The van der Waals surface area contributed by atoms with Gasteiger partial charge in [-0.1, -0.05) is 11.6 Å². The number of fused-ring (bicyclic) bond motifs is 1. The maximum atomic E-state index is 12.0. The van der Waals surface area contributed by atoms with E-state index in [-0.39, 0.29) is 5.56 Å². The molecule has 0 bridgehead atoms. The Morgan fingerprint density at radius 1 is 1.47 bits per heavy atom. The van der Waals surface area contributed by atoms with Gasteiger partial charge in [0, 0.05) is 29.0 Å². The molecular formula is C14H16ClN3O. The highest BCUT2D eigenvalue weighted by Crippen LogP contribution is 2.15. The van der Waals surface area contributed by atoms with Gasteiger partial charge in [0.2, 0.25) is 0 Å². The number of aromatic nitrogens is 2. The summed E-state index contributed by atoms with van der Waals surface area (Å²) in [4.78, 5) is 16.5. The van der Waals surface area contributed by atoms with Crippen LogP contribution in [0.25, 0.3) is 5.65 Å². The van der Waals surface area contributed by atoms with Crippen LogP contribution in [0.1, 0.15) is 18.5 Å². The molecule has 100 valence electrons. The normalized spacial score (nSPS) is 19.1. The Hall–Kier alpha value is -1.39. The van der Waals surface area contributed by atoms with Crippen molar-refractivity contribution < 1.29 is 0 Å². The van der Waals surface area contributed by atoms with Crippen molar-refractivity contribution in [2.24, 2.45) is 5.92 Å². The van der Waals surface area contributed by atoms with Gasteiger partial charge < -0.3 is 5.32 Å². The van der Waals surface area contributed by atoms with Crippen LogP contribution in [-0.2, 0) is 6.42 Å². The van der Waals surface area contributed by atoms with E-state index in [1.54, 1.807) is 24.4 Å². The lowest BCUT2D eigenvalue weighted by atomic mass is 10.0. The highest BCUT2D eigenvalue weighted by molar-refractivity contribution is 6.30. The molecule has 19 heavy (non-hydrogen) atoms. The van der Waals surface area contributed by atoms with E-state index in [9.17, 15) is 4.79 Å². The van der Waals surface area contributed by atoms with E-state index < -0.39 is 0 Å². The number of nitrogens with zero attached hydrogens (tertiary/aromatic N) is 2. The predicted molar refractivity (Wildman–Crippen MR) is 75.8 cm³/mol. The molecule has 0 aliphatic carbocycles. The summed E-state index contributed by atoms with van der Waals surface area (Å²) in [5.74, 6) is 0.708. The quantitative estimate of drug-likeness (QED) is 0.932. The molecule has 1 aliphatic heterocycles. The SMILES string of the molecule is O=c1cc(CCC2CCNC2)nc2cc(Cl)ccn12. The minimum atomic E-state index is -0.0405. The molecule has 0 saturated carbocycles. The Kier molecular flexibility index (Phi) is 3.53. The molecule has 1 unspecified atom stereocenters. The molecule has 1 aliphatic rings. The molecule has 2 aromatic rings. The van der Waals surface area contributed by atoms with Crippen LogP contribution in [0.3, 0.4) is 0 Å². The number of rotatable bonds is 3. The van der Waals surface area contributed by atoms with E-state index >= 15 is 0 Å². The summed E-state index contributed by atoms with van der Waals surface area (Å²) < 4.78 is 1.52. The van der Waals surface area contributed by atoms with Crippen molar-refractivity contribution >= 4 is 17.2 Å². The van der Waals surface area contributed by atoms with Crippen molar-refractivity contribution in [3.63, 3.8) is 0 Å². The van der Waals surface area contributed by atoms with Crippen LogP contribution in [0.5, 0.6) is 0 Å². The molecule has 1 fully saturated rings. The monoisotopic (exact) mass is 277 g/mol. The van der Waals surface area contributed by atoms with Gasteiger partial charge in [0.1, 0.15) is 5.65 Å². The van der Waals surface area contributed by atoms with Gasteiger partial charge in [-0.05, 0) is 44.3 Å². The van der Waals surface area contributed by atoms with E-state index in [0.717, 1.165) is 31.6 Å². The second kappa shape index (κ2) is 5.31. The summed E-state index contributed by atoms with van der Waals surface area (Å²) >= 11 is 5.94.